The van der Waals surface area contributed by atoms with Crippen LogP contribution in [0.5, 0.6) is 0 Å². The number of piperidine rings is 1. The molecule has 1 N–H and O–H groups in total. The van der Waals surface area contributed by atoms with Crippen LogP contribution in [-0.2, 0) is 13.0 Å². The van der Waals surface area contributed by atoms with Crippen molar-refractivity contribution >= 4 is 23.3 Å². The van der Waals surface area contributed by atoms with Crippen molar-refractivity contribution < 1.29 is 4.79 Å². The van der Waals surface area contributed by atoms with Crippen LogP contribution in [0.1, 0.15) is 29.5 Å². The summed E-state index contributed by atoms with van der Waals surface area (Å²) in [6.07, 6.45) is 3.39. The van der Waals surface area contributed by atoms with Gasteiger partial charge < -0.3 is 10.2 Å². The first-order valence-electron chi connectivity index (χ1n) is 10.2. The van der Waals surface area contributed by atoms with E-state index in [1.807, 2.05) is 30.0 Å². The first kappa shape index (κ1) is 19.3. The zero-order valence-corrected chi connectivity index (χ0v) is 17.2. The van der Waals surface area contributed by atoms with Crippen LogP contribution >= 0.6 is 11.6 Å². The summed E-state index contributed by atoms with van der Waals surface area (Å²) in [5.41, 5.74) is 4.77. The number of likely N-dealkylation sites (tertiary alicyclic amines) is 1. The fourth-order valence-corrected chi connectivity index (χ4v) is 4.57. The smallest absolute Gasteiger partial charge is 0.321 e. The number of rotatable bonds is 3. The molecule has 2 amide bonds. The van der Waals surface area contributed by atoms with Crippen molar-refractivity contribution in [1.82, 2.24) is 9.80 Å². The molecule has 0 aromatic heterocycles. The van der Waals surface area contributed by atoms with Crippen LogP contribution < -0.4 is 5.32 Å². The third-order valence-electron chi connectivity index (χ3n) is 5.97. The summed E-state index contributed by atoms with van der Waals surface area (Å²) >= 11 is 6.08. The molecule has 148 valence electrons. The highest BCUT2D eigenvalue weighted by molar-refractivity contribution is 6.31. The highest BCUT2D eigenvalue weighted by atomic mass is 35.5. The minimum Gasteiger partial charge on any atom is -0.324 e. The number of nitrogens with one attached hydrogen (secondary N) is 1. The van der Waals surface area contributed by atoms with Crippen LogP contribution in [-0.4, -0.2) is 42.0 Å². The lowest BCUT2D eigenvalue weighted by atomic mass is 9.95. The number of hydrogen-bond acceptors (Lipinski definition) is 2. The molecule has 2 aromatic rings. The van der Waals surface area contributed by atoms with Crippen LogP contribution in [0.15, 0.2) is 42.5 Å². The number of urea groups is 1. The fraction of sp³-hybridized carbons (Fsp3) is 0.435. The molecular formula is C23H28ClN3O. The lowest BCUT2D eigenvalue weighted by molar-refractivity contribution is 0.140. The molecule has 4 nitrogen and oxygen atoms in total. The van der Waals surface area contributed by atoms with Crippen molar-refractivity contribution in [2.24, 2.45) is 5.92 Å². The van der Waals surface area contributed by atoms with Crippen molar-refractivity contribution in [3.8, 4) is 0 Å². The van der Waals surface area contributed by atoms with Crippen molar-refractivity contribution in [3.63, 3.8) is 0 Å². The van der Waals surface area contributed by atoms with E-state index in [2.05, 4.69) is 34.5 Å². The maximum atomic E-state index is 12.8. The third-order valence-corrected chi connectivity index (χ3v) is 6.21. The number of aryl methyl sites for hydroxylation is 1. The largest absolute Gasteiger partial charge is 0.324 e. The molecule has 0 radical (unpaired) electrons. The van der Waals surface area contributed by atoms with Gasteiger partial charge in [0.2, 0.25) is 0 Å². The van der Waals surface area contributed by atoms with Gasteiger partial charge in [-0.2, -0.15) is 0 Å². The molecule has 0 aliphatic carbocycles. The molecule has 0 unspecified atom stereocenters. The minimum atomic E-state index is -0.0148. The number of carbonyl (C=O) groups excluding carboxylic acids is 1. The number of fused-ring (bicyclic) bond motifs is 1. The summed E-state index contributed by atoms with van der Waals surface area (Å²) in [5, 5.41) is 3.69. The Hall–Kier alpha value is -2.04. The van der Waals surface area contributed by atoms with Gasteiger partial charge in [0.1, 0.15) is 0 Å². The van der Waals surface area contributed by atoms with Crippen LogP contribution in [0.25, 0.3) is 0 Å². The Kier molecular flexibility index (Phi) is 5.88. The van der Waals surface area contributed by atoms with Crippen LogP contribution in [0.2, 0.25) is 5.02 Å². The highest BCUT2D eigenvalue weighted by Gasteiger charge is 2.26. The van der Waals surface area contributed by atoms with Crippen LogP contribution in [0.4, 0.5) is 10.5 Å². The second kappa shape index (κ2) is 8.54. The average molecular weight is 398 g/mol. The monoisotopic (exact) mass is 397 g/mol. The van der Waals surface area contributed by atoms with Gasteiger partial charge in [0, 0.05) is 43.4 Å². The van der Waals surface area contributed by atoms with Gasteiger partial charge in [-0.05, 0) is 60.9 Å². The lowest BCUT2D eigenvalue weighted by Crippen LogP contribution is -2.46. The third kappa shape index (κ3) is 4.50. The molecule has 28 heavy (non-hydrogen) atoms. The van der Waals surface area contributed by atoms with Gasteiger partial charge in [0.15, 0.2) is 0 Å². The molecule has 4 rings (SSSR count). The molecule has 1 fully saturated rings. The summed E-state index contributed by atoms with van der Waals surface area (Å²) in [7, 11) is 0. The van der Waals surface area contributed by atoms with Crippen LogP contribution in [0.3, 0.4) is 0 Å². The molecule has 0 spiro atoms. The zero-order valence-electron chi connectivity index (χ0n) is 16.5. The van der Waals surface area contributed by atoms with E-state index in [0.717, 1.165) is 56.8 Å². The summed E-state index contributed by atoms with van der Waals surface area (Å²) in [6, 6.07) is 14.3. The number of anilines is 1. The van der Waals surface area contributed by atoms with Crippen molar-refractivity contribution in [3.05, 3.63) is 64.2 Å². The van der Waals surface area contributed by atoms with E-state index in [1.54, 1.807) is 0 Å². The Morgan fingerprint density at radius 3 is 2.86 bits per heavy atom. The van der Waals surface area contributed by atoms with E-state index in [1.165, 1.54) is 17.5 Å². The SMILES string of the molecule is Cc1ccc(Cl)cc1NC(=O)N1CCC[C@@H](CN2CCc3ccccc3C2)C1. The van der Waals surface area contributed by atoms with Gasteiger partial charge in [-0.25, -0.2) is 4.79 Å². The van der Waals surface area contributed by atoms with E-state index in [9.17, 15) is 4.79 Å². The number of nitrogens with zero attached hydrogens (tertiary/aromatic N) is 2. The summed E-state index contributed by atoms with van der Waals surface area (Å²) in [4.78, 5) is 17.3. The number of carbonyl (C=O) groups is 1. The Balaban J connectivity index is 1.34. The predicted molar refractivity (Wildman–Crippen MR) is 115 cm³/mol. The standard InChI is InChI=1S/C23H28ClN3O/c1-17-8-9-21(24)13-22(17)25-23(28)27-11-4-5-18(15-27)14-26-12-10-19-6-2-3-7-20(19)16-26/h2-3,6-9,13,18H,4-5,10-12,14-16H2,1H3,(H,25,28)/t18-/m0/s1. The maximum Gasteiger partial charge on any atom is 0.321 e. The Labute approximate surface area is 172 Å². The van der Waals surface area contributed by atoms with E-state index in [0.29, 0.717) is 10.9 Å². The van der Waals surface area contributed by atoms with Gasteiger partial charge in [0.25, 0.3) is 0 Å². The van der Waals surface area contributed by atoms with E-state index >= 15 is 0 Å². The fourth-order valence-electron chi connectivity index (χ4n) is 4.40. The zero-order chi connectivity index (χ0) is 19.5. The molecule has 0 bridgehead atoms. The molecule has 1 saturated heterocycles. The molecule has 2 aliphatic heterocycles. The molecule has 2 aliphatic rings. The van der Waals surface area contributed by atoms with Crippen LogP contribution in [0, 0.1) is 12.8 Å². The normalized spacial score (nSPS) is 19.9. The van der Waals surface area contributed by atoms with Crippen molar-refractivity contribution in [1.29, 1.82) is 0 Å². The summed E-state index contributed by atoms with van der Waals surface area (Å²) < 4.78 is 0. The van der Waals surface area contributed by atoms with E-state index in [4.69, 9.17) is 11.6 Å². The number of amides is 2. The minimum absolute atomic E-state index is 0.0148. The highest BCUT2D eigenvalue weighted by Crippen LogP contribution is 2.25. The topological polar surface area (TPSA) is 35.6 Å². The average Bonchev–Trinajstić information content (AvgIpc) is 2.71. The lowest BCUT2D eigenvalue weighted by Gasteiger charge is -2.37. The second-order valence-corrected chi connectivity index (χ2v) is 8.53. The maximum absolute atomic E-state index is 12.8. The van der Waals surface area contributed by atoms with Crippen molar-refractivity contribution in [2.45, 2.75) is 32.7 Å². The number of benzene rings is 2. The Morgan fingerprint density at radius 1 is 1.18 bits per heavy atom. The first-order chi connectivity index (χ1) is 13.6. The Morgan fingerprint density at radius 2 is 2.00 bits per heavy atom. The summed E-state index contributed by atoms with van der Waals surface area (Å²) in [6.45, 7) is 6.84. The molecule has 0 saturated carbocycles. The molecule has 2 aromatic carbocycles. The first-order valence-corrected chi connectivity index (χ1v) is 10.6. The molecular weight excluding hydrogens is 370 g/mol. The number of hydrogen-bond donors (Lipinski definition) is 1. The van der Waals surface area contributed by atoms with Gasteiger partial charge in [-0.1, -0.05) is 41.9 Å². The van der Waals surface area contributed by atoms with Gasteiger partial charge in [-0.3, -0.25) is 4.90 Å². The van der Waals surface area contributed by atoms with E-state index in [-0.39, 0.29) is 6.03 Å². The van der Waals surface area contributed by atoms with Gasteiger partial charge >= 0.3 is 6.03 Å². The van der Waals surface area contributed by atoms with E-state index < -0.39 is 0 Å². The number of halogens is 1. The van der Waals surface area contributed by atoms with Crippen molar-refractivity contribution in [2.75, 3.05) is 31.5 Å². The predicted octanol–water partition coefficient (Wildman–Crippen LogP) is 4.95. The second-order valence-electron chi connectivity index (χ2n) is 8.10. The molecule has 2 heterocycles. The Bertz CT molecular complexity index is 853. The molecule has 1 atom stereocenters. The van der Waals surface area contributed by atoms with Gasteiger partial charge in [0.05, 0.1) is 0 Å². The quantitative estimate of drug-likeness (QED) is 0.795. The molecule has 5 heteroatoms. The van der Waals surface area contributed by atoms with Gasteiger partial charge in [-0.15, -0.1) is 0 Å². The summed E-state index contributed by atoms with van der Waals surface area (Å²) in [5.74, 6) is 0.533.